The van der Waals surface area contributed by atoms with Gasteiger partial charge < -0.3 is 9.64 Å². The molecule has 4 heteroatoms. The Kier molecular flexibility index (Phi) is 2.35. The maximum atomic E-state index is 11.1. The molecule has 1 fully saturated rings. The number of carbonyl (C=O) groups excluding carboxylic acids is 2. The summed E-state index contributed by atoms with van der Waals surface area (Å²) in [5.41, 5.74) is 0. The van der Waals surface area contributed by atoms with Crippen LogP contribution in [-0.4, -0.2) is 36.5 Å². The van der Waals surface area contributed by atoms with Gasteiger partial charge in [-0.3, -0.25) is 4.79 Å². The van der Waals surface area contributed by atoms with Crippen molar-refractivity contribution in [1.82, 2.24) is 4.90 Å². The third-order valence-electron chi connectivity index (χ3n) is 2.15. The molecule has 0 aromatic heterocycles. The zero-order valence-electron chi connectivity index (χ0n) is 7.53. The number of cyclic esters (lactones) is 1. The fourth-order valence-corrected chi connectivity index (χ4v) is 1.27. The number of hydrogen-bond acceptors (Lipinski definition) is 3. The number of ether oxygens (including phenoxy) is 1. The fourth-order valence-electron chi connectivity index (χ4n) is 1.27. The predicted octanol–water partition coefficient (Wildman–Crippen LogP) is 0.0262. The Labute approximate surface area is 71.5 Å². The molecule has 0 aliphatic carbocycles. The highest BCUT2D eigenvalue weighted by Crippen LogP contribution is 2.14. The van der Waals surface area contributed by atoms with Crippen molar-refractivity contribution in [3.8, 4) is 0 Å². The summed E-state index contributed by atoms with van der Waals surface area (Å²) in [4.78, 5) is 23.3. The quantitative estimate of drug-likeness (QED) is 0.413. The molecule has 1 rings (SSSR count). The minimum atomic E-state index is -0.741. The molecular formula is C8H13NO3. The van der Waals surface area contributed by atoms with Crippen LogP contribution in [0.5, 0.6) is 0 Å². The summed E-state index contributed by atoms with van der Waals surface area (Å²) >= 11 is 0. The van der Waals surface area contributed by atoms with Gasteiger partial charge >= 0.3 is 11.9 Å². The van der Waals surface area contributed by atoms with E-state index in [0.29, 0.717) is 12.5 Å². The summed E-state index contributed by atoms with van der Waals surface area (Å²) < 4.78 is 4.70. The molecule has 0 unspecified atom stereocenters. The van der Waals surface area contributed by atoms with Gasteiger partial charge in [-0.25, -0.2) is 4.79 Å². The number of esters is 1. The molecule has 1 saturated heterocycles. The Morgan fingerprint density at radius 2 is 2.08 bits per heavy atom. The van der Waals surface area contributed by atoms with Crippen molar-refractivity contribution in [3.63, 3.8) is 0 Å². The van der Waals surface area contributed by atoms with E-state index in [1.165, 1.54) is 4.90 Å². The van der Waals surface area contributed by atoms with Crippen LogP contribution in [0, 0.1) is 5.92 Å². The van der Waals surface area contributed by atoms with Crippen LogP contribution in [0.2, 0.25) is 0 Å². The van der Waals surface area contributed by atoms with Gasteiger partial charge in [-0.15, -0.1) is 0 Å². The van der Waals surface area contributed by atoms with Crippen LogP contribution in [0.25, 0.3) is 0 Å². The van der Waals surface area contributed by atoms with Crippen LogP contribution in [-0.2, 0) is 14.3 Å². The van der Waals surface area contributed by atoms with Crippen molar-refractivity contribution in [2.45, 2.75) is 19.9 Å². The largest absolute Gasteiger partial charge is 0.456 e. The molecule has 0 radical (unpaired) electrons. The number of morpholine rings is 1. The van der Waals surface area contributed by atoms with Crippen LogP contribution in [0.3, 0.4) is 0 Å². The van der Waals surface area contributed by atoms with Crippen molar-refractivity contribution in [2.24, 2.45) is 5.92 Å². The highest BCUT2D eigenvalue weighted by atomic mass is 16.5. The van der Waals surface area contributed by atoms with Gasteiger partial charge in [-0.2, -0.15) is 0 Å². The van der Waals surface area contributed by atoms with Gasteiger partial charge in [0.2, 0.25) is 0 Å². The lowest BCUT2D eigenvalue weighted by atomic mass is 10.0. The van der Waals surface area contributed by atoms with Gasteiger partial charge in [0.05, 0.1) is 6.04 Å². The Bertz CT molecular complexity index is 212. The molecule has 1 heterocycles. The van der Waals surface area contributed by atoms with E-state index in [1.807, 2.05) is 13.8 Å². The minimum absolute atomic E-state index is 0.0233. The average molecular weight is 171 g/mol. The lowest BCUT2D eigenvalue weighted by Crippen LogP contribution is -2.51. The zero-order chi connectivity index (χ0) is 9.30. The summed E-state index contributed by atoms with van der Waals surface area (Å²) in [6.45, 7) is 4.31. The first-order valence-corrected chi connectivity index (χ1v) is 3.98. The normalized spacial score (nSPS) is 24.7. The summed E-state index contributed by atoms with van der Waals surface area (Å²) in [6, 6.07) is 0.0233. The second kappa shape index (κ2) is 3.13. The van der Waals surface area contributed by atoms with Crippen molar-refractivity contribution in [1.29, 1.82) is 0 Å². The van der Waals surface area contributed by atoms with Crippen LogP contribution in [0.4, 0.5) is 0 Å². The van der Waals surface area contributed by atoms with E-state index >= 15 is 0 Å². The molecule has 68 valence electrons. The van der Waals surface area contributed by atoms with Crippen LogP contribution in [0.1, 0.15) is 13.8 Å². The molecule has 0 spiro atoms. The van der Waals surface area contributed by atoms with Crippen molar-refractivity contribution in [3.05, 3.63) is 0 Å². The average Bonchev–Trinajstić information content (AvgIpc) is 2.00. The van der Waals surface area contributed by atoms with Gasteiger partial charge in [0.1, 0.15) is 6.61 Å². The lowest BCUT2D eigenvalue weighted by Gasteiger charge is -2.33. The van der Waals surface area contributed by atoms with E-state index in [-0.39, 0.29) is 6.04 Å². The topological polar surface area (TPSA) is 46.6 Å². The monoisotopic (exact) mass is 171 g/mol. The van der Waals surface area contributed by atoms with Crippen molar-refractivity contribution < 1.29 is 14.3 Å². The Hall–Kier alpha value is -1.06. The predicted molar refractivity (Wildman–Crippen MR) is 42.4 cm³/mol. The first kappa shape index (κ1) is 9.03. The molecular weight excluding hydrogens is 158 g/mol. The van der Waals surface area contributed by atoms with E-state index < -0.39 is 11.9 Å². The van der Waals surface area contributed by atoms with Crippen molar-refractivity contribution >= 4 is 11.9 Å². The zero-order valence-corrected chi connectivity index (χ0v) is 7.53. The Morgan fingerprint density at radius 3 is 2.58 bits per heavy atom. The molecule has 0 saturated carbocycles. The third-order valence-corrected chi connectivity index (χ3v) is 2.15. The molecule has 1 aliphatic heterocycles. The number of nitrogens with zero attached hydrogens (tertiary/aromatic N) is 1. The Balaban J connectivity index is 2.71. The summed E-state index contributed by atoms with van der Waals surface area (Å²) in [7, 11) is 1.63. The summed E-state index contributed by atoms with van der Waals surface area (Å²) in [6.07, 6.45) is 0. The first-order valence-electron chi connectivity index (χ1n) is 3.98. The fraction of sp³-hybridized carbons (Fsp3) is 0.750. The maximum absolute atomic E-state index is 11.1. The van der Waals surface area contributed by atoms with Crippen LogP contribution >= 0.6 is 0 Å². The molecule has 1 amide bonds. The maximum Gasteiger partial charge on any atom is 0.397 e. The van der Waals surface area contributed by atoms with Gasteiger partial charge in [-0.05, 0) is 5.92 Å². The van der Waals surface area contributed by atoms with Gasteiger partial charge in [0.15, 0.2) is 0 Å². The van der Waals surface area contributed by atoms with E-state index in [1.54, 1.807) is 7.05 Å². The molecule has 0 aromatic carbocycles. The standard InChI is InChI=1S/C8H13NO3/c1-5(2)6-4-12-8(11)7(10)9(6)3/h5-6H,4H2,1-3H3/t6-/m1/s1. The number of amides is 1. The third kappa shape index (κ3) is 1.42. The highest BCUT2D eigenvalue weighted by molar-refractivity contribution is 6.32. The second-order valence-electron chi connectivity index (χ2n) is 3.33. The molecule has 12 heavy (non-hydrogen) atoms. The van der Waals surface area contributed by atoms with Gasteiger partial charge in [-0.1, -0.05) is 13.8 Å². The minimum Gasteiger partial charge on any atom is -0.456 e. The molecule has 0 bridgehead atoms. The highest BCUT2D eigenvalue weighted by Gasteiger charge is 2.34. The molecule has 0 aromatic rings. The first-order chi connectivity index (χ1) is 5.54. The molecule has 1 aliphatic rings. The number of hydrogen-bond donors (Lipinski definition) is 0. The number of rotatable bonds is 1. The summed E-state index contributed by atoms with van der Waals surface area (Å²) in [5, 5.41) is 0. The molecule has 0 N–H and O–H groups in total. The second-order valence-corrected chi connectivity index (χ2v) is 3.33. The van der Waals surface area contributed by atoms with Crippen molar-refractivity contribution in [2.75, 3.05) is 13.7 Å². The van der Waals surface area contributed by atoms with Crippen LogP contribution in [0.15, 0.2) is 0 Å². The lowest BCUT2D eigenvalue weighted by molar-refractivity contribution is -0.170. The Morgan fingerprint density at radius 1 is 1.50 bits per heavy atom. The summed E-state index contributed by atoms with van der Waals surface area (Å²) in [5.74, 6) is -0.971. The van der Waals surface area contributed by atoms with E-state index in [2.05, 4.69) is 0 Å². The SMILES string of the molecule is CC(C)[C@H]1COC(=O)C(=O)N1C. The van der Waals surface area contributed by atoms with E-state index in [0.717, 1.165) is 0 Å². The molecule has 4 nitrogen and oxygen atoms in total. The van der Waals surface area contributed by atoms with Crippen LogP contribution < -0.4 is 0 Å². The van der Waals surface area contributed by atoms with E-state index in [9.17, 15) is 9.59 Å². The van der Waals surface area contributed by atoms with E-state index in [4.69, 9.17) is 4.74 Å². The smallest absolute Gasteiger partial charge is 0.397 e. The number of carbonyl (C=O) groups is 2. The number of likely N-dealkylation sites (N-methyl/N-ethyl adjacent to an activating group) is 1. The molecule has 1 atom stereocenters. The van der Waals surface area contributed by atoms with Gasteiger partial charge in [0, 0.05) is 7.05 Å². The van der Waals surface area contributed by atoms with Gasteiger partial charge in [0.25, 0.3) is 0 Å².